The molecule has 5 aromatic rings. The van der Waals surface area contributed by atoms with E-state index in [1.165, 1.54) is 0 Å². The van der Waals surface area contributed by atoms with E-state index in [1.807, 2.05) is 41.8 Å². The standard InChI is InChI=1S/C26H25N9O2/c1-15-7-8-16(18-12-32-34-22(18)24(27)36)11-19(15)33-25-17(5-4-9-28-25)21-23-26(30-13-29-21)35(14-31-23)20-6-2-3-10-37-20/h4-5,7-9,11-14,20H,2-3,6,10H2,1H3,(H2,27,36)(H,28,33)(H,32,34). The molecule has 6 rings (SSSR count). The fourth-order valence-electron chi connectivity index (χ4n) is 4.64. The van der Waals surface area contributed by atoms with Gasteiger partial charge in [-0.2, -0.15) is 5.10 Å². The number of ether oxygens (including phenoxy) is 1. The van der Waals surface area contributed by atoms with Gasteiger partial charge in [-0.05, 0) is 55.5 Å². The van der Waals surface area contributed by atoms with Crippen LogP contribution in [0.5, 0.6) is 0 Å². The number of nitrogens with one attached hydrogen (secondary N) is 2. The number of hydrogen-bond donors (Lipinski definition) is 3. The Hall–Kier alpha value is -4.64. The molecule has 0 aliphatic carbocycles. The first-order valence-corrected chi connectivity index (χ1v) is 12.1. The zero-order chi connectivity index (χ0) is 25.4. The molecule has 1 atom stereocenters. The molecular formula is C26H25N9O2. The summed E-state index contributed by atoms with van der Waals surface area (Å²) >= 11 is 0. The smallest absolute Gasteiger partial charge is 0.267 e. The van der Waals surface area contributed by atoms with Crippen LogP contribution in [-0.2, 0) is 4.74 Å². The van der Waals surface area contributed by atoms with Crippen LogP contribution in [0.25, 0.3) is 33.5 Å². The highest BCUT2D eigenvalue weighted by molar-refractivity contribution is 5.98. The summed E-state index contributed by atoms with van der Waals surface area (Å²) in [7, 11) is 0. The number of aryl methyl sites for hydroxylation is 1. The summed E-state index contributed by atoms with van der Waals surface area (Å²) in [6.07, 6.45) is 9.66. The van der Waals surface area contributed by atoms with E-state index < -0.39 is 5.91 Å². The Bertz CT molecular complexity index is 1600. The second kappa shape index (κ2) is 9.43. The van der Waals surface area contributed by atoms with Gasteiger partial charge in [0.15, 0.2) is 5.65 Å². The first kappa shape index (κ1) is 22.8. The van der Waals surface area contributed by atoms with Crippen LogP contribution < -0.4 is 11.1 Å². The van der Waals surface area contributed by atoms with Crippen molar-refractivity contribution in [3.05, 3.63) is 66.6 Å². The maximum absolute atomic E-state index is 11.8. The van der Waals surface area contributed by atoms with Crippen molar-refractivity contribution in [2.75, 3.05) is 11.9 Å². The largest absolute Gasteiger partial charge is 0.364 e. The molecule has 1 aliphatic heterocycles. The Kier molecular flexibility index (Phi) is 5.81. The molecule has 11 heteroatoms. The van der Waals surface area contributed by atoms with Crippen molar-refractivity contribution in [2.24, 2.45) is 5.73 Å². The minimum absolute atomic E-state index is 0.0772. The number of anilines is 2. The van der Waals surface area contributed by atoms with Crippen LogP contribution in [-0.4, -0.2) is 47.2 Å². The zero-order valence-corrected chi connectivity index (χ0v) is 20.2. The van der Waals surface area contributed by atoms with Crippen LogP contribution >= 0.6 is 0 Å². The van der Waals surface area contributed by atoms with Gasteiger partial charge in [-0.1, -0.05) is 12.1 Å². The quantitative estimate of drug-likeness (QED) is 0.318. The third-order valence-electron chi connectivity index (χ3n) is 6.57. The minimum atomic E-state index is -0.569. The molecule has 0 radical (unpaired) electrons. The number of benzene rings is 1. The van der Waals surface area contributed by atoms with E-state index >= 15 is 0 Å². The number of imidazole rings is 1. The summed E-state index contributed by atoms with van der Waals surface area (Å²) in [5.41, 5.74) is 11.9. The molecular weight excluding hydrogens is 470 g/mol. The molecule has 0 spiro atoms. The van der Waals surface area contributed by atoms with E-state index in [1.54, 1.807) is 25.0 Å². The van der Waals surface area contributed by atoms with E-state index in [4.69, 9.17) is 10.5 Å². The number of H-pyrrole nitrogens is 1. The molecule has 4 aromatic heterocycles. The van der Waals surface area contributed by atoms with Gasteiger partial charge in [-0.15, -0.1) is 0 Å². The number of carbonyl (C=O) groups excluding carboxylic acids is 1. The molecule has 11 nitrogen and oxygen atoms in total. The third kappa shape index (κ3) is 4.19. The summed E-state index contributed by atoms with van der Waals surface area (Å²) in [5.74, 6) is 0.0500. The van der Waals surface area contributed by atoms with Crippen molar-refractivity contribution >= 4 is 28.6 Å². The lowest BCUT2D eigenvalue weighted by Gasteiger charge is -2.23. The number of aromatic amines is 1. The number of fused-ring (bicyclic) bond motifs is 1. The summed E-state index contributed by atoms with van der Waals surface area (Å²) < 4.78 is 7.94. The molecule has 37 heavy (non-hydrogen) atoms. The van der Waals surface area contributed by atoms with E-state index in [0.29, 0.717) is 22.6 Å². The first-order valence-electron chi connectivity index (χ1n) is 12.1. The second-order valence-corrected chi connectivity index (χ2v) is 8.94. The number of primary amides is 1. The monoisotopic (exact) mass is 495 g/mol. The second-order valence-electron chi connectivity index (χ2n) is 8.94. The number of aromatic nitrogens is 7. The highest BCUT2D eigenvalue weighted by Crippen LogP contribution is 2.35. The van der Waals surface area contributed by atoms with Crippen molar-refractivity contribution in [3.8, 4) is 22.4 Å². The van der Waals surface area contributed by atoms with Crippen LogP contribution in [0.3, 0.4) is 0 Å². The highest BCUT2D eigenvalue weighted by Gasteiger charge is 2.22. The fraction of sp³-hybridized carbons (Fsp3) is 0.231. The minimum Gasteiger partial charge on any atom is -0.364 e. The molecule has 1 unspecified atom stereocenters. The zero-order valence-electron chi connectivity index (χ0n) is 20.2. The number of rotatable bonds is 6. The van der Waals surface area contributed by atoms with Gasteiger partial charge >= 0.3 is 0 Å². The summed E-state index contributed by atoms with van der Waals surface area (Å²) in [6, 6.07) is 9.64. The SMILES string of the molecule is Cc1ccc(-c2cn[nH]c2C(N)=O)cc1Nc1ncccc1-c1ncnc2c1ncn2C1CCCCO1. The Labute approximate surface area is 212 Å². The third-order valence-corrected chi connectivity index (χ3v) is 6.57. The average molecular weight is 496 g/mol. The van der Waals surface area contributed by atoms with Gasteiger partial charge in [0, 0.05) is 29.6 Å². The van der Waals surface area contributed by atoms with Crippen molar-refractivity contribution in [1.29, 1.82) is 0 Å². The van der Waals surface area contributed by atoms with Crippen LogP contribution in [0.1, 0.15) is 41.5 Å². The topological polar surface area (TPSA) is 150 Å². The average Bonchev–Trinajstić information content (AvgIpc) is 3.59. The Balaban J connectivity index is 1.39. The van der Waals surface area contributed by atoms with E-state index in [-0.39, 0.29) is 11.9 Å². The Morgan fingerprint density at radius 2 is 2.08 bits per heavy atom. The number of pyridine rings is 1. The van der Waals surface area contributed by atoms with Gasteiger partial charge in [-0.25, -0.2) is 19.9 Å². The lowest BCUT2D eigenvalue weighted by Crippen LogP contribution is -2.17. The number of hydrogen-bond acceptors (Lipinski definition) is 8. The molecule has 0 bridgehead atoms. The molecule has 1 amide bonds. The van der Waals surface area contributed by atoms with E-state index in [2.05, 4.69) is 35.5 Å². The van der Waals surface area contributed by atoms with Gasteiger partial charge in [0.2, 0.25) is 0 Å². The van der Waals surface area contributed by atoms with Crippen LogP contribution in [0.4, 0.5) is 11.5 Å². The summed E-state index contributed by atoms with van der Waals surface area (Å²) in [6.45, 7) is 2.73. The van der Waals surface area contributed by atoms with Crippen molar-refractivity contribution < 1.29 is 9.53 Å². The summed E-state index contributed by atoms with van der Waals surface area (Å²) in [4.78, 5) is 30.2. The number of amides is 1. The van der Waals surface area contributed by atoms with Gasteiger partial charge < -0.3 is 15.8 Å². The predicted molar refractivity (Wildman–Crippen MR) is 138 cm³/mol. The predicted octanol–water partition coefficient (Wildman–Crippen LogP) is 4.13. The molecule has 4 N–H and O–H groups in total. The summed E-state index contributed by atoms with van der Waals surface area (Å²) in [5, 5.41) is 10.1. The lowest BCUT2D eigenvalue weighted by atomic mass is 10.0. The van der Waals surface area contributed by atoms with Crippen molar-refractivity contribution in [2.45, 2.75) is 32.4 Å². The van der Waals surface area contributed by atoms with E-state index in [0.717, 1.165) is 53.9 Å². The molecule has 1 saturated heterocycles. The van der Waals surface area contributed by atoms with Crippen LogP contribution in [0, 0.1) is 6.92 Å². The number of nitrogens with zero attached hydrogens (tertiary/aromatic N) is 6. The van der Waals surface area contributed by atoms with Crippen molar-refractivity contribution in [3.63, 3.8) is 0 Å². The molecule has 1 fully saturated rings. The van der Waals surface area contributed by atoms with Gasteiger partial charge in [-0.3, -0.25) is 14.5 Å². The Morgan fingerprint density at radius 3 is 2.92 bits per heavy atom. The molecule has 0 saturated carbocycles. The number of carbonyl (C=O) groups is 1. The number of nitrogens with two attached hydrogens (primary N) is 1. The van der Waals surface area contributed by atoms with Gasteiger partial charge in [0.25, 0.3) is 5.91 Å². The first-order chi connectivity index (χ1) is 18.1. The normalized spacial score (nSPS) is 15.6. The van der Waals surface area contributed by atoms with Crippen LogP contribution in [0.15, 0.2) is 55.4 Å². The molecule has 5 heterocycles. The van der Waals surface area contributed by atoms with Gasteiger partial charge in [0.1, 0.15) is 35.3 Å². The molecule has 1 aromatic carbocycles. The molecule has 186 valence electrons. The maximum atomic E-state index is 11.8. The maximum Gasteiger partial charge on any atom is 0.267 e. The fourth-order valence-corrected chi connectivity index (χ4v) is 4.64. The lowest BCUT2D eigenvalue weighted by molar-refractivity contribution is -0.0298. The highest BCUT2D eigenvalue weighted by atomic mass is 16.5. The van der Waals surface area contributed by atoms with Crippen LogP contribution in [0.2, 0.25) is 0 Å². The van der Waals surface area contributed by atoms with E-state index in [9.17, 15) is 4.79 Å². The van der Waals surface area contributed by atoms with Gasteiger partial charge in [0.05, 0.1) is 12.5 Å². The Morgan fingerprint density at radius 1 is 1.16 bits per heavy atom. The molecule has 1 aliphatic rings. The van der Waals surface area contributed by atoms with Crippen molar-refractivity contribution in [1.82, 2.24) is 34.7 Å².